The average Bonchev–Trinajstić information content (AvgIpc) is 3.43. The summed E-state index contributed by atoms with van der Waals surface area (Å²) in [6, 6.07) is 17.2. The first-order valence-corrected chi connectivity index (χ1v) is 10.7. The molecule has 1 aliphatic heterocycles. The molecule has 2 aromatic rings. The van der Waals surface area contributed by atoms with Crippen molar-refractivity contribution in [1.82, 2.24) is 10.6 Å². The van der Waals surface area contributed by atoms with Crippen molar-refractivity contribution in [2.45, 2.75) is 24.8 Å². The van der Waals surface area contributed by atoms with E-state index in [2.05, 4.69) is 63.0 Å². The Morgan fingerprint density at radius 2 is 1.83 bits per heavy atom. The SMILES string of the molecule is CN=C(NCC1CC1c1ccccc1)NC1CCN(c2cc(OC)cc(OC)c2)C1. The molecule has 6 heteroatoms. The van der Waals surface area contributed by atoms with E-state index in [-0.39, 0.29) is 0 Å². The van der Waals surface area contributed by atoms with Gasteiger partial charge in [0.2, 0.25) is 0 Å². The number of benzene rings is 2. The van der Waals surface area contributed by atoms with Crippen LogP contribution < -0.4 is 25.0 Å². The lowest BCUT2D eigenvalue weighted by atomic mass is 10.1. The molecule has 1 heterocycles. The third-order valence-electron chi connectivity index (χ3n) is 6.14. The van der Waals surface area contributed by atoms with Crippen molar-refractivity contribution in [3.63, 3.8) is 0 Å². The normalized spacial score (nSPS) is 23.2. The van der Waals surface area contributed by atoms with Gasteiger partial charge in [0.15, 0.2) is 5.96 Å². The van der Waals surface area contributed by atoms with Gasteiger partial charge in [0.1, 0.15) is 11.5 Å². The van der Waals surface area contributed by atoms with Crippen LogP contribution in [0.2, 0.25) is 0 Å². The van der Waals surface area contributed by atoms with Crippen molar-refractivity contribution in [3.8, 4) is 11.5 Å². The van der Waals surface area contributed by atoms with Crippen molar-refractivity contribution in [2.75, 3.05) is 45.8 Å². The summed E-state index contributed by atoms with van der Waals surface area (Å²) < 4.78 is 10.8. The zero-order chi connectivity index (χ0) is 20.9. The van der Waals surface area contributed by atoms with Gasteiger partial charge in [-0.2, -0.15) is 0 Å². The molecule has 2 fully saturated rings. The summed E-state index contributed by atoms with van der Waals surface area (Å²) in [4.78, 5) is 6.80. The predicted molar refractivity (Wildman–Crippen MR) is 122 cm³/mol. The van der Waals surface area contributed by atoms with Crippen LogP contribution in [0.3, 0.4) is 0 Å². The van der Waals surface area contributed by atoms with Crippen LogP contribution >= 0.6 is 0 Å². The number of hydrogen-bond acceptors (Lipinski definition) is 4. The van der Waals surface area contributed by atoms with E-state index in [0.29, 0.717) is 17.9 Å². The highest BCUT2D eigenvalue weighted by molar-refractivity contribution is 5.80. The molecule has 2 aliphatic rings. The van der Waals surface area contributed by atoms with E-state index in [1.807, 2.05) is 13.1 Å². The molecule has 3 atom stereocenters. The molecule has 2 aromatic carbocycles. The molecule has 160 valence electrons. The van der Waals surface area contributed by atoms with Crippen LogP contribution in [0.25, 0.3) is 0 Å². The van der Waals surface area contributed by atoms with Crippen molar-refractivity contribution in [1.29, 1.82) is 0 Å². The van der Waals surface area contributed by atoms with Crippen LogP contribution in [0.1, 0.15) is 24.3 Å². The third kappa shape index (κ3) is 4.81. The fraction of sp³-hybridized carbons (Fsp3) is 0.458. The summed E-state index contributed by atoms with van der Waals surface area (Å²) in [5, 5.41) is 7.12. The van der Waals surface area contributed by atoms with Crippen LogP contribution in [-0.4, -0.2) is 52.9 Å². The summed E-state index contributed by atoms with van der Waals surface area (Å²) in [5.74, 6) is 3.90. The van der Waals surface area contributed by atoms with Crippen molar-refractivity contribution < 1.29 is 9.47 Å². The summed E-state index contributed by atoms with van der Waals surface area (Å²) in [6.07, 6.45) is 2.32. The Morgan fingerprint density at radius 1 is 1.10 bits per heavy atom. The van der Waals surface area contributed by atoms with E-state index in [0.717, 1.165) is 49.2 Å². The molecule has 1 aliphatic carbocycles. The minimum atomic E-state index is 0.359. The molecule has 2 N–H and O–H groups in total. The van der Waals surface area contributed by atoms with E-state index in [4.69, 9.17) is 9.47 Å². The molecule has 3 unspecified atom stereocenters. The molecule has 0 amide bonds. The Morgan fingerprint density at radius 3 is 2.50 bits per heavy atom. The number of hydrogen-bond donors (Lipinski definition) is 2. The van der Waals surface area contributed by atoms with Crippen molar-refractivity contribution >= 4 is 11.6 Å². The topological polar surface area (TPSA) is 58.1 Å². The van der Waals surface area contributed by atoms with Gasteiger partial charge in [-0.1, -0.05) is 30.3 Å². The maximum absolute atomic E-state index is 5.42. The highest BCUT2D eigenvalue weighted by atomic mass is 16.5. The molecule has 1 saturated carbocycles. The number of guanidine groups is 1. The number of rotatable bonds is 7. The van der Waals surface area contributed by atoms with Gasteiger partial charge in [-0.15, -0.1) is 0 Å². The van der Waals surface area contributed by atoms with Crippen LogP contribution in [-0.2, 0) is 0 Å². The zero-order valence-electron chi connectivity index (χ0n) is 18.1. The number of nitrogens with zero attached hydrogens (tertiary/aromatic N) is 2. The number of nitrogens with one attached hydrogen (secondary N) is 2. The van der Waals surface area contributed by atoms with Gasteiger partial charge in [0.05, 0.1) is 14.2 Å². The van der Waals surface area contributed by atoms with Gasteiger partial charge < -0.3 is 25.0 Å². The first-order valence-electron chi connectivity index (χ1n) is 10.7. The van der Waals surface area contributed by atoms with Crippen molar-refractivity contribution in [3.05, 3.63) is 54.1 Å². The van der Waals surface area contributed by atoms with E-state index in [9.17, 15) is 0 Å². The lowest BCUT2D eigenvalue weighted by molar-refractivity contribution is 0.394. The van der Waals surface area contributed by atoms with E-state index < -0.39 is 0 Å². The standard InChI is InChI=1S/C24H32N4O2/c1-25-24(26-15-18-11-23(18)17-7-5-4-6-8-17)27-19-9-10-28(16-19)20-12-21(29-2)14-22(13-20)30-3/h4-8,12-14,18-19,23H,9-11,15-16H2,1-3H3,(H2,25,26,27). The Labute approximate surface area is 179 Å². The second-order valence-corrected chi connectivity index (χ2v) is 8.11. The first-order chi connectivity index (χ1) is 14.7. The van der Waals surface area contributed by atoms with Gasteiger partial charge in [-0.3, -0.25) is 4.99 Å². The van der Waals surface area contributed by atoms with Gasteiger partial charge in [0.25, 0.3) is 0 Å². The summed E-state index contributed by atoms with van der Waals surface area (Å²) in [6.45, 7) is 2.87. The molecule has 1 saturated heterocycles. The van der Waals surface area contributed by atoms with Gasteiger partial charge >= 0.3 is 0 Å². The number of aliphatic imine (C=N–C) groups is 1. The van der Waals surface area contributed by atoms with E-state index >= 15 is 0 Å². The first kappa shape index (κ1) is 20.4. The molecule has 0 radical (unpaired) electrons. The second-order valence-electron chi connectivity index (χ2n) is 8.11. The highest BCUT2D eigenvalue weighted by Gasteiger charge is 2.38. The number of methoxy groups -OCH3 is 2. The number of ether oxygens (including phenoxy) is 2. The Kier molecular flexibility index (Phi) is 6.31. The molecular weight excluding hydrogens is 376 g/mol. The van der Waals surface area contributed by atoms with Crippen LogP contribution in [0, 0.1) is 5.92 Å². The molecule has 30 heavy (non-hydrogen) atoms. The molecule has 6 nitrogen and oxygen atoms in total. The van der Waals surface area contributed by atoms with Crippen LogP contribution in [0.5, 0.6) is 11.5 Å². The largest absolute Gasteiger partial charge is 0.497 e. The predicted octanol–water partition coefficient (Wildman–Crippen LogP) is 3.25. The van der Waals surface area contributed by atoms with Gasteiger partial charge in [0, 0.05) is 56.6 Å². The minimum Gasteiger partial charge on any atom is -0.497 e. The zero-order valence-corrected chi connectivity index (χ0v) is 18.1. The minimum absolute atomic E-state index is 0.359. The molecule has 4 rings (SSSR count). The fourth-order valence-corrected chi connectivity index (χ4v) is 4.29. The lowest BCUT2D eigenvalue weighted by Gasteiger charge is -2.21. The quantitative estimate of drug-likeness (QED) is 0.544. The molecule has 0 spiro atoms. The average molecular weight is 409 g/mol. The Hall–Kier alpha value is -2.89. The molecule has 0 bridgehead atoms. The Bertz CT molecular complexity index is 849. The summed E-state index contributed by atoms with van der Waals surface area (Å²) >= 11 is 0. The Balaban J connectivity index is 1.27. The maximum Gasteiger partial charge on any atom is 0.191 e. The van der Waals surface area contributed by atoms with E-state index in [1.165, 1.54) is 12.0 Å². The lowest BCUT2D eigenvalue weighted by Crippen LogP contribution is -2.45. The summed E-state index contributed by atoms with van der Waals surface area (Å²) in [5.41, 5.74) is 2.58. The molecule has 0 aromatic heterocycles. The van der Waals surface area contributed by atoms with Crippen LogP contribution in [0.15, 0.2) is 53.5 Å². The van der Waals surface area contributed by atoms with E-state index in [1.54, 1.807) is 14.2 Å². The number of anilines is 1. The fourth-order valence-electron chi connectivity index (χ4n) is 4.29. The van der Waals surface area contributed by atoms with Gasteiger partial charge in [-0.25, -0.2) is 0 Å². The van der Waals surface area contributed by atoms with Crippen LogP contribution in [0.4, 0.5) is 5.69 Å². The summed E-state index contributed by atoms with van der Waals surface area (Å²) in [7, 11) is 5.21. The van der Waals surface area contributed by atoms with Gasteiger partial charge in [-0.05, 0) is 30.2 Å². The monoisotopic (exact) mass is 408 g/mol. The second kappa shape index (κ2) is 9.28. The highest BCUT2D eigenvalue weighted by Crippen LogP contribution is 2.46. The molecular formula is C24H32N4O2. The third-order valence-corrected chi connectivity index (χ3v) is 6.14. The smallest absolute Gasteiger partial charge is 0.191 e. The van der Waals surface area contributed by atoms with Crippen molar-refractivity contribution in [2.24, 2.45) is 10.9 Å². The maximum atomic E-state index is 5.42.